The molecule has 2 aliphatic rings. The molecule has 3 nitrogen and oxygen atoms in total. The summed E-state index contributed by atoms with van der Waals surface area (Å²) >= 11 is 1.72. The van der Waals surface area contributed by atoms with Crippen LogP contribution in [-0.4, -0.2) is 34.1 Å². The summed E-state index contributed by atoms with van der Waals surface area (Å²) in [6.45, 7) is 3.12. The highest BCUT2D eigenvalue weighted by Gasteiger charge is 2.33. The molecule has 3 rings (SSSR count). The van der Waals surface area contributed by atoms with Crippen molar-refractivity contribution in [3.05, 3.63) is 23.9 Å². The molecule has 0 atom stereocenters. The number of pyridine rings is 1. The van der Waals surface area contributed by atoms with Crippen LogP contribution >= 0.6 is 11.8 Å². The number of aromatic nitrogens is 1. The fourth-order valence-corrected chi connectivity index (χ4v) is 4.23. The Balaban J connectivity index is 1.79. The van der Waals surface area contributed by atoms with E-state index in [1.165, 1.54) is 44.9 Å². The number of nitrogens with zero attached hydrogens (tertiary/aromatic N) is 2. The SMILES string of the molecule is CCCSc1ncccc1C(=O)N(CC1CC1)C1CCCCC1. The Hall–Kier alpha value is -1.03. The first-order valence-corrected chi connectivity index (χ1v) is 10.2. The highest BCUT2D eigenvalue weighted by atomic mass is 32.2. The van der Waals surface area contributed by atoms with Crippen molar-refractivity contribution in [2.45, 2.75) is 69.4 Å². The maximum absolute atomic E-state index is 13.3. The molecular formula is C19H28N2OS. The summed E-state index contributed by atoms with van der Waals surface area (Å²) in [6.07, 6.45) is 11.7. The minimum Gasteiger partial charge on any atom is -0.335 e. The largest absolute Gasteiger partial charge is 0.335 e. The molecule has 0 N–H and O–H groups in total. The van der Waals surface area contributed by atoms with Crippen LogP contribution in [0.2, 0.25) is 0 Å². The van der Waals surface area contributed by atoms with Crippen molar-refractivity contribution in [1.82, 2.24) is 9.88 Å². The average molecular weight is 333 g/mol. The van der Waals surface area contributed by atoms with E-state index in [0.29, 0.717) is 6.04 Å². The molecule has 0 bridgehead atoms. The lowest BCUT2D eigenvalue weighted by molar-refractivity contribution is 0.0617. The first-order chi connectivity index (χ1) is 11.3. The molecule has 2 fully saturated rings. The molecule has 0 spiro atoms. The van der Waals surface area contributed by atoms with Gasteiger partial charge < -0.3 is 4.90 Å². The molecule has 1 heterocycles. The van der Waals surface area contributed by atoms with Gasteiger partial charge in [0.05, 0.1) is 5.56 Å². The minimum atomic E-state index is 0.218. The van der Waals surface area contributed by atoms with Crippen LogP contribution in [0.1, 0.15) is 68.6 Å². The van der Waals surface area contributed by atoms with Crippen LogP contribution in [0.5, 0.6) is 0 Å². The summed E-state index contributed by atoms with van der Waals surface area (Å²) in [5.74, 6) is 1.98. The van der Waals surface area contributed by atoms with Crippen LogP contribution < -0.4 is 0 Å². The first-order valence-electron chi connectivity index (χ1n) is 9.18. The van der Waals surface area contributed by atoms with Crippen molar-refractivity contribution in [1.29, 1.82) is 0 Å². The third-order valence-corrected chi connectivity index (χ3v) is 6.08. The Labute approximate surface area is 144 Å². The van der Waals surface area contributed by atoms with E-state index in [1.54, 1.807) is 18.0 Å². The average Bonchev–Trinajstić information content (AvgIpc) is 3.42. The zero-order valence-corrected chi connectivity index (χ0v) is 15.0. The molecule has 23 heavy (non-hydrogen) atoms. The molecule has 0 unspecified atom stereocenters. The van der Waals surface area contributed by atoms with Gasteiger partial charge in [0, 0.05) is 18.8 Å². The Bertz CT molecular complexity index is 524. The molecule has 0 aliphatic heterocycles. The molecule has 0 saturated heterocycles. The number of hydrogen-bond acceptors (Lipinski definition) is 3. The van der Waals surface area contributed by atoms with Crippen LogP contribution in [0.15, 0.2) is 23.4 Å². The van der Waals surface area contributed by atoms with Crippen molar-refractivity contribution < 1.29 is 4.79 Å². The van der Waals surface area contributed by atoms with Crippen LogP contribution in [0.25, 0.3) is 0 Å². The fraction of sp³-hybridized carbons (Fsp3) is 0.684. The Morgan fingerprint density at radius 1 is 1.26 bits per heavy atom. The highest BCUT2D eigenvalue weighted by molar-refractivity contribution is 7.99. The highest BCUT2D eigenvalue weighted by Crippen LogP contribution is 2.34. The second-order valence-electron chi connectivity index (χ2n) is 6.90. The monoisotopic (exact) mass is 332 g/mol. The van der Waals surface area contributed by atoms with Gasteiger partial charge in [-0.1, -0.05) is 26.2 Å². The predicted octanol–water partition coefficient (Wildman–Crippen LogP) is 4.77. The number of carbonyl (C=O) groups excluding carboxylic acids is 1. The lowest BCUT2D eigenvalue weighted by Crippen LogP contribution is -2.43. The molecule has 1 aromatic heterocycles. The van der Waals surface area contributed by atoms with Gasteiger partial charge in [0.2, 0.25) is 0 Å². The van der Waals surface area contributed by atoms with Gasteiger partial charge in [-0.15, -0.1) is 11.8 Å². The van der Waals surface area contributed by atoms with E-state index in [1.807, 2.05) is 12.1 Å². The topological polar surface area (TPSA) is 33.2 Å². The van der Waals surface area contributed by atoms with E-state index in [0.717, 1.165) is 35.2 Å². The number of hydrogen-bond donors (Lipinski definition) is 0. The van der Waals surface area contributed by atoms with E-state index in [2.05, 4.69) is 16.8 Å². The summed E-state index contributed by atoms with van der Waals surface area (Å²) in [5, 5.41) is 0.913. The van der Waals surface area contributed by atoms with Gasteiger partial charge in [-0.05, 0) is 55.9 Å². The number of thioether (sulfide) groups is 1. The van der Waals surface area contributed by atoms with Gasteiger partial charge in [-0.25, -0.2) is 4.98 Å². The summed E-state index contributed by atoms with van der Waals surface area (Å²) in [6, 6.07) is 4.32. The van der Waals surface area contributed by atoms with Crippen molar-refractivity contribution in [3.8, 4) is 0 Å². The summed E-state index contributed by atoms with van der Waals surface area (Å²) in [7, 11) is 0. The molecule has 1 amide bonds. The molecule has 2 saturated carbocycles. The number of amides is 1. The fourth-order valence-electron chi connectivity index (χ4n) is 3.39. The standard InChI is InChI=1S/C19H28N2OS/c1-2-13-23-18-17(9-6-12-20-18)19(22)21(14-15-10-11-15)16-7-4-3-5-8-16/h6,9,12,15-16H,2-5,7-8,10-11,13-14H2,1H3. The van der Waals surface area contributed by atoms with Crippen molar-refractivity contribution in [2.75, 3.05) is 12.3 Å². The second kappa shape index (κ2) is 8.18. The van der Waals surface area contributed by atoms with Crippen molar-refractivity contribution >= 4 is 17.7 Å². The zero-order valence-electron chi connectivity index (χ0n) is 14.2. The number of carbonyl (C=O) groups is 1. The lowest BCUT2D eigenvalue weighted by atomic mass is 9.93. The Morgan fingerprint density at radius 2 is 2.04 bits per heavy atom. The Morgan fingerprint density at radius 3 is 2.74 bits per heavy atom. The first kappa shape index (κ1) is 16.8. The molecule has 1 aromatic rings. The van der Waals surface area contributed by atoms with Crippen molar-refractivity contribution in [3.63, 3.8) is 0 Å². The summed E-state index contributed by atoms with van der Waals surface area (Å²) in [5.41, 5.74) is 0.817. The summed E-state index contributed by atoms with van der Waals surface area (Å²) < 4.78 is 0. The van der Waals surface area contributed by atoms with Crippen molar-refractivity contribution in [2.24, 2.45) is 5.92 Å². The van der Waals surface area contributed by atoms with E-state index in [-0.39, 0.29) is 5.91 Å². The third-order valence-electron chi connectivity index (χ3n) is 4.87. The van der Waals surface area contributed by atoms with E-state index in [9.17, 15) is 4.79 Å². The minimum absolute atomic E-state index is 0.218. The van der Waals surface area contributed by atoms with Gasteiger partial charge in [-0.2, -0.15) is 0 Å². The van der Waals surface area contributed by atoms with E-state index >= 15 is 0 Å². The molecule has 2 aliphatic carbocycles. The number of rotatable bonds is 7. The van der Waals surface area contributed by atoms with Crippen LogP contribution in [0.4, 0.5) is 0 Å². The van der Waals surface area contributed by atoms with Crippen LogP contribution in [0, 0.1) is 5.92 Å². The van der Waals surface area contributed by atoms with Gasteiger partial charge in [0.25, 0.3) is 5.91 Å². The van der Waals surface area contributed by atoms with Crippen LogP contribution in [-0.2, 0) is 0 Å². The normalized spacial score (nSPS) is 18.8. The maximum atomic E-state index is 13.3. The lowest BCUT2D eigenvalue weighted by Gasteiger charge is -2.35. The molecule has 126 valence electrons. The van der Waals surface area contributed by atoms with Gasteiger partial charge in [-0.3, -0.25) is 4.79 Å². The second-order valence-corrected chi connectivity index (χ2v) is 7.98. The van der Waals surface area contributed by atoms with Gasteiger partial charge >= 0.3 is 0 Å². The zero-order chi connectivity index (χ0) is 16.1. The molecular weight excluding hydrogens is 304 g/mol. The Kier molecular flexibility index (Phi) is 5.98. The smallest absolute Gasteiger partial charge is 0.256 e. The maximum Gasteiger partial charge on any atom is 0.256 e. The molecule has 0 aromatic carbocycles. The van der Waals surface area contributed by atoms with Crippen LogP contribution in [0.3, 0.4) is 0 Å². The predicted molar refractivity (Wildman–Crippen MR) is 95.9 cm³/mol. The molecule has 0 radical (unpaired) electrons. The molecule has 4 heteroatoms. The third kappa shape index (κ3) is 4.50. The van der Waals surface area contributed by atoms with E-state index in [4.69, 9.17) is 0 Å². The quantitative estimate of drug-likeness (QED) is 0.674. The van der Waals surface area contributed by atoms with E-state index < -0.39 is 0 Å². The summed E-state index contributed by atoms with van der Waals surface area (Å²) in [4.78, 5) is 19.9. The van der Waals surface area contributed by atoms with Gasteiger partial charge in [0.15, 0.2) is 0 Å². The van der Waals surface area contributed by atoms with Gasteiger partial charge in [0.1, 0.15) is 5.03 Å².